The van der Waals surface area contributed by atoms with Gasteiger partial charge < -0.3 is 15.8 Å². The highest BCUT2D eigenvalue weighted by atomic mass is 19.1. The summed E-state index contributed by atoms with van der Waals surface area (Å²) < 4.78 is 18.7. The van der Waals surface area contributed by atoms with Gasteiger partial charge in [0.15, 0.2) is 0 Å². The molecule has 2 unspecified atom stereocenters. The Hall–Kier alpha value is -1.62. The quantitative estimate of drug-likeness (QED) is 0.819. The molecule has 2 atom stereocenters. The highest BCUT2D eigenvalue weighted by molar-refractivity contribution is 5.95. The fourth-order valence-corrected chi connectivity index (χ4v) is 2.45. The minimum Gasteiger partial charge on any atom is -0.399 e. The minimum absolute atomic E-state index is 0.206. The van der Waals surface area contributed by atoms with Crippen molar-refractivity contribution >= 4 is 11.6 Å². The molecule has 1 amide bonds. The first-order valence-electron chi connectivity index (χ1n) is 6.56. The molecule has 5 heteroatoms. The molecule has 1 aromatic rings. The molecule has 104 valence electrons. The van der Waals surface area contributed by atoms with E-state index in [4.69, 9.17) is 10.5 Å². The molecule has 1 aromatic carbocycles. The summed E-state index contributed by atoms with van der Waals surface area (Å²) in [6.45, 7) is 3.36. The van der Waals surface area contributed by atoms with Crippen molar-refractivity contribution in [2.24, 2.45) is 5.92 Å². The predicted molar refractivity (Wildman–Crippen MR) is 71.3 cm³/mol. The Balaban J connectivity index is 1.94. The number of nitrogen functional groups attached to an aromatic ring is 1. The first-order valence-corrected chi connectivity index (χ1v) is 6.56. The van der Waals surface area contributed by atoms with Crippen LogP contribution in [0.2, 0.25) is 0 Å². The molecule has 1 aliphatic rings. The van der Waals surface area contributed by atoms with Gasteiger partial charge in [-0.2, -0.15) is 0 Å². The number of halogens is 1. The number of benzene rings is 1. The monoisotopic (exact) mass is 266 g/mol. The molecular formula is C14H19FN2O2. The lowest BCUT2D eigenvalue weighted by Crippen LogP contribution is -2.32. The van der Waals surface area contributed by atoms with E-state index in [1.54, 1.807) is 0 Å². The van der Waals surface area contributed by atoms with Crippen molar-refractivity contribution in [3.05, 3.63) is 29.6 Å². The van der Waals surface area contributed by atoms with E-state index in [9.17, 15) is 9.18 Å². The second kappa shape index (κ2) is 6.02. The van der Waals surface area contributed by atoms with Crippen LogP contribution < -0.4 is 11.1 Å². The van der Waals surface area contributed by atoms with Crippen LogP contribution in [-0.2, 0) is 4.74 Å². The number of nitrogens with two attached hydrogens (primary N) is 1. The van der Waals surface area contributed by atoms with Gasteiger partial charge >= 0.3 is 0 Å². The fraction of sp³-hybridized carbons (Fsp3) is 0.500. The molecule has 2 rings (SSSR count). The lowest BCUT2D eigenvalue weighted by Gasteiger charge is -2.17. The lowest BCUT2D eigenvalue weighted by molar-refractivity contribution is 0.0826. The Kier molecular flexibility index (Phi) is 4.37. The number of carbonyl (C=O) groups is 1. The maximum absolute atomic E-state index is 13.2. The summed E-state index contributed by atoms with van der Waals surface area (Å²) in [4.78, 5) is 11.9. The Bertz CT molecular complexity index is 445. The van der Waals surface area contributed by atoms with Crippen molar-refractivity contribution in [1.82, 2.24) is 5.32 Å². The molecule has 1 heterocycles. The summed E-state index contributed by atoms with van der Waals surface area (Å²) >= 11 is 0. The maximum Gasteiger partial charge on any atom is 0.251 e. The van der Waals surface area contributed by atoms with Crippen molar-refractivity contribution in [3.8, 4) is 0 Å². The fourth-order valence-electron chi connectivity index (χ4n) is 2.45. The van der Waals surface area contributed by atoms with Crippen LogP contribution in [0.15, 0.2) is 18.2 Å². The Morgan fingerprint density at radius 3 is 3.00 bits per heavy atom. The highest BCUT2D eigenvalue weighted by Gasteiger charge is 2.26. The third-order valence-corrected chi connectivity index (χ3v) is 3.46. The van der Waals surface area contributed by atoms with Crippen LogP contribution in [0.1, 0.15) is 30.1 Å². The average Bonchev–Trinajstić information content (AvgIpc) is 2.82. The predicted octanol–water partition coefficient (Wildman–Crippen LogP) is 1.95. The highest BCUT2D eigenvalue weighted by Crippen LogP contribution is 2.22. The molecule has 1 fully saturated rings. The SMILES string of the molecule is CCC1OCCC1CNC(=O)c1cc(N)cc(F)c1. The number of hydrogen-bond donors (Lipinski definition) is 2. The number of amides is 1. The Labute approximate surface area is 112 Å². The van der Waals surface area contributed by atoms with Crippen LogP contribution in [0.4, 0.5) is 10.1 Å². The smallest absolute Gasteiger partial charge is 0.251 e. The molecule has 0 bridgehead atoms. The van der Waals surface area contributed by atoms with E-state index < -0.39 is 5.82 Å². The second-order valence-electron chi connectivity index (χ2n) is 4.85. The van der Waals surface area contributed by atoms with Gasteiger partial charge in [-0.1, -0.05) is 6.92 Å². The van der Waals surface area contributed by atoms with E-state index in [2.05, 4.69) is 12.2 Å². The Morgan fingerprint density at radius 2 is 2.32 bits per heavy atom. The zero-order valence-corrected chi connectivity index (χ0v) is 11.0. The molecule has 0 saturated carbocycles. The van der Waals surface area contributed by atoms with Gasteiger partial charge in [-0.15, -0.1) is 0 Å². The zero-order valence-electron chi connectivity index (χ0n) is 11.0. The van der Waals surface area contributed by atoms with Crippen molar-refractivity contribution in [3.63, 3.8) is 0 Å². The number of hydrogen-bond acceptors (Lipinski definition) is 3. The first kappa shape index (κ1) is 13.8. The van der Waals surface area contributed by atoms with E-state index in [0.29, 0.717) is 12.5 Å². The molecular weight excluding hydrogens is 247 g/mol. The van der Waals surface area contributed by atoms with Gasteiger partial charge in [0.1, 0.15) is 5.82 Å². The standard InChI is InChI=1S/C14H19FN2O2/c1-2-13-9(3-4-19-13)8-17-14(18)10-5-11(15)7-12(16)6-10/h5-7,9,13H,2-4,8,16H2,1H3,(H,17,18). The topological polar surface area (TPSA) is 64.3 Å². The van der Waals surface area contributed by atoms with Crippen LogP contribution in [0.3, 0.4) is 0 Å². The van der Waals surface area contributed by atoms with Crippen LogP contribution >= 0.6 is 0 Å². The van der Waals surface area contributed by atoms with Gasteiger partial charge in [0.2, 0.25) is 0 Å². The zero-order chi connectivity index (χ0) is 13.8. The van der Waals surface area contributed by atoms with Gasteiger partial charge in [-0.3, -0.25) is 4.79 Å². The number of anilines is 1. The maximum atomic E-state index is 13.2. The summed E-state index contributed by atoms with van der Waals surface area (Å²) in [7, 11) is 0. The normalized spacial score (nSPS) is 22.4. The van der Waals surface area contributed by atoms with E-state index >= 15 is 0 Å². The van der Waals surface area contributed by atoms with Crippen molar-refractivity contribution in [1.29, 1.82) is 0 Å². The van der Waals surface area contributed by atoms with Gasteiger partial charge in [0.05, 0.1) is 6.10 Å². The molecule has 0 radical (unpaired) electrons. The van der Waals surface area contributed by atoms with Crippen molar-refractivity contribution < 1.29 is 13.9 Å². The molecule has 0 spiro atoms. The number of ether oxygens (including phenoxy) is 1. The third-order valence-electron chi connectivity index (χ3n) is 3.46. The molecule has 3 N–H and O–H groups in total. The van der Waals surface area contributed by atoms with Gasteiger partial charge in [0, 0.05) is 30.3 Å². The van der Waals surface area contributed by atoms with E-state index in [-0.39, 0.29) is 23.3 Å². The lowest BCUT2D eigenvalue weighted by atomic mass is 9.99. The molecule has 0 aliphatic carbocycles. The van der Waals surface area contributed by atoms with Crippen molar-refractivity contribution in [2.45, 2.75) is 25.9 Å². The van der Waals surface area contributed by atoms with Crippen LogP contribution in [0, 0.1) is 11.7 Å². The summed E-state index contributed by atoms with van der Waals surface area (Å²) in [6.07, 6.45) is 2.09. The van der Waals surface area contributed by atoms with Crippen LogP contribution in [0.5, 0.6) is 0 Å². The largest absolute Gasteiger partial charge is 0.399 e. The number of nitrogens with one attached hydrogen (secondary N) is 1. The summed E-state index contributed by atoms with van der Waals surface area (Å²) in [5, 5.41) is 2.82. The number of carbonyl (C=O) groups excluding carboxylic acids is 1. The van der Waals surface area contributed by atoms with E-state index in [1.165, 1.54) is 18.2 Å². The molecule has 1 saturated heterocycles. The first-order chi connectivity index (χ1) is 9.10. The van der Waals surface area contributed by atoms with Crippen LogP contribution in [-0.4, -0.2) is 25.2 Å². The number of rotatable bonds is 4. The minimum atomic E-state index is -0.499. The van der Waals surface area contributed by atoms with Gasteiger partial charge in [-0.25, -0.2) is 4.39 Å². The molecule has 0 aromatic heterocycles. The second-order valence-corrected chi connectivity index (χ2v) is 4.85. The van der Waals surface area contributed by atoms with Gasteiger partial charge in [0.25, 0.3) is 5.91 Å². The van der Waals surface area contributed by atoms with E-state index in [1.807, 2.05) is 0 Å². The third kappa shape index (κ3) is 3.44. The van der Waals surface area contributed by atoms with Crippen molar-refractivity contribution in [2.75, 3.05) is 18.9 Å². The Morgan fingerprint density at radius 1 is 1.53 bits per heavy atom. The molecule has 19 heavy (non-hydrogen) atoms. The van der Waals surface area contributed by atoms with Crippen LogP contribution in [0.25, 0.3) is 0 Å². The summed E-state index contributed by atoms with van der Waals surface area (Å²) in [5.74, 6) is -0.464. The molecule has 4 nitrogen and oxygen atoms in total. The van der Waals surface area contributed by atoms with E-state index in [0.717, 1.165) is 19.4 Å². The average molecular weight is 266 g/mol. The summed E-state index contributed by atoms with van der Waals surface area (Å²) in [5.41, 5.74) is 6.02. The summed E-state index contributed by atoms with van der Waals surface area (Å²) in [6, 6.07) is 3.85. The van der Waals surface area contributed by atoms with Gasteiger partial charge in [-0.05, 0) is 31.0 Å². The molecule has 1 aliphatic heterocycles.